The van der Waals surface area contributed by atoms with E-state index in [4.69, 9.17) is 14.2 Å². The summed E-state index contributed by atoms with van der Waals surface area (Å²) in [4.78, 5) is 0. The van der Waals surface area contributed by atoms with Gasteiger partial charge in [0, 0.05) is 7.11 Å². The van der Waals surface area contributed by atoms with E-state index in [1.165, 1.54) is 0 Å². The Hall–Kier alpha value is -1.10. The molecule has 1 aromatic rings. The Bertz CT molecular complexity index is 286. The van der Waals surface area contributed by atoms with Gasteiger partial charge in [-0.2, -0.15) is 0 Å². The molecule has 0 aromatic heterocycles. The van der Waals surface area contributed by atoms with Gasteiger partial charge in [-0.25, -0.2) is 0 Å². The van der Waals surface area contributed by atoms with Gasteiger partial charge in [-0.05, 0) is 18.7 Å². The maximum atomic E-state index is 5.56. The molecule has 102 valence electrons. The second-order valence-corrected chi connectivity index (χ2v) is 3.95. The molecule has 4 nitrogen and oxygen atoms in total. The van der Waals surface area contributed by atoms with E-state index in [1.54, 1.807) is 7.11 Å². The Labute approximate surface area is 109 Å². The first-order valence-electron chi connectivity index (χ1n) is 6.34. The third kappa shape index (κ3) is 6.59. The van der Waals surface area contributed by atoms with Crippen LogP contribution >= 0.6 is 0 Å². The lowest BCUT2D eigenvalue weighted by Crippen LogP contribution is -2.37. The summed E-state index contributed by atoms with van der Waals surface area (Å²) < 4.78 is 16.2. The van der Waals surface area contributed by atoms with Crippen molar-refractivity contribution in [1.29, 1.82) is 0 Å². The molecule has 0 fully saturated rings. The topological polar surface area (TPSA) is 39.7 Å². The zero-order chi connectivity index (χ0) is 13.1. The Morgan fingerprint density at radius 3 is 2.56 bits per heavy atom. The molecule has 0 aliphatic rings. The Morgan fingerprint density at radius 1 is 1.11 bits per heavy atom. The lowest BCUT2D eigenvalue weighted by Gasteiger charge is -2.17. The Morgan fingerprint density at radius 2 is 1.89 bits per heavy atom. The van der Waals surface area contributed by atoms with Crippen molar-refractivity contribution in [2.45, 2.75) is 13.0 Å². The molecule has 1 rings (SSSR count). The first-order valence-corrected chi connectivity index (χ1v) is 6.34. The highest BCUT2D eigenvalue weighted by Gasteiger charge is 2.06. The average molecular weight is 253 g/mol. The van der Waals surface area contributed by atoms with Crippen molar-refractivity contribution in [3.8, 4) is 5.75 Å². The van der Waals surface area contributed by atoms with Crippen LogP contribution < -0.4 is 10.1 Å². The fourth-order valence-electron chi connectivity index (χ4n) is 1.62. The van der Waals surface area contributed by atoms with Gasteiger partial charge in [0.05, 0.1) is 25.9 Å². The van der Waals surface area contributed by atoms with Crippen molar-refractivity contribution in [3.05, 3.63) is 30.3 Å². The molecule has 18 heavy (non-hydrogen) atoms. The Kier molecular flexibility index (Phi) is 8.21. The normalized spacial score (nSPS) is 12.3. The van der Waals surface area contributed by atoms with E-state index in [-0.39, 0.29) is 6.04 Å². The van der Waals surface area contributed by atoms with E-state index in [9.17, 15) is 0 Å². The van der Waals surface area contributed by atoms with Gasteiger partial charge < -0.3 is 19.5 Å². The van der Waals surface area contributed by atoms with Gasteiger partial charge in [-0.1, -0.05) is 25.1 Å². The summed E-state index contributed by atoms with van der Waals surface area (Å²) in [6.07, 6.45) is 0. The van der Waals surface area contributed by atoms with E-state index in [0.29, 0.717) is 26.4 Å². The van der Waals surface area contributed by atoms with Crippen LogP contribution in [0.2, 0.25) is 0 Å². The minimum atomic E-state index is 0.247. The zero-order valence-electron chi connectivity index (χ0n) is 11.2. The lowest BCUT2D eigenvalue weighted by molar-refractivity contribution is 0.0586. The van der Waals surface area contributed by atoms with Crippen molar-refractivity contribution < 1.29 is 14.2 Å². The van der Waals surface area contributed by atoms with Crippen molar-refractivity contribution in [1.82, 2.24) is 5.32 Å². The predicted octanol–water partition coefficient (Wildman–Crippen LogP) is 1.71. The highest BCUT2D eigenvalue weighted by molar-refractivity contribution is 5.20. The number of para-hydroxylation sites is 1. The van der Waals surface area contributed by atoms with Gasteiger partial charge >= 0.3 is 0 Å². The lowest BCUT2D eigenvalue weighted by atomic mass is 10.3. The standard InChI is InChI=1S/C14H23NO3/c1-3-15-13(11-16-2)12-17-9-10-18-14-7-5-4-6-8-14/h4-8,13,15H,3,9-12H2,1-2H3. The van der Waals surface area contributed by atoms with Crippen molar-refractivity contribution >= 4 is 0 Å². The van der Waals surface area contributed by atoms with Crippen LogP contribution in [0.25, 0.3) is 0 Å². The minimum absolute atomic E-state index is 0.247. The van der Waals surface area contributed by atoms with E-state index in [2.05, 4.69) is 12.2 Å². The van der Waals surface area contributed by atoms with Crippen LogP contribution in [-0.4, -0.2) is 46.1 Å². The number of methoxy groups -OCH3 is 1. The van der Waals surface area contributed by atoms with Gasteiger partial charge in [0.2, 0.25) is 0 Å². The molecule has 0 bridgehead atoms. The van der Waals surface area contributed by atoms with Crippen LogP contribution in [0.1, 0.15) is 6.92 Å². The second-order valence-electron chi connectivity index (χ2n) is 3.95. The number of benzene rings is 1. The van der Waals surface area contributed by atoms with Crippen LogP contribution in [0, 0.1) is 0 Å². The van der Waals surface area contributed by atoms with Crippen molar-refractivity contribution in [2.75, 3.05) is 40.1 Å². The molecule has 0 saturated heterocycles. The number of hydrogen-bond acceptors (Lipinski definition) is 4. The summed E-state index contributed by atoms with van der Waals surface area (Å²) in [6, 6.07) is 10.00. The third-order valence-electron chi connectivity index (χ3n) is 2.42. The molecule has 0 radical (unpaired) electrons. The van der Waals surface area contributed by atoms with Crippen molar-refractivity contribution in [3.63, 3.8) is 0 Å². The molecule has 1 unspecified atom stereocenters. The number of rotatable bonds is 10. The molecular weight excluding hydrogens is 230 g/mol. The van der Waals surface area contributed by atoms with Crippen LogP contribution in [0.3, 0.4) is 0 Å². The molecule has 0 aliphatic carbocycles. The van der Waals surface area contributed by atoms with Gasteiger partial charge in [-0.3, -0.25) is 0 Å². The SMILES string of the molecule is CCNC(COC)COCCOc1ccccc1. The van der Waals surface area contributed by atoms with Crippen LogP contribution in [-0.2, 0) is 9.47 Å². The van der Waals surface area contributed by atoms with E-state index < -0.39 is 0 Å². The van der Waals surface area contributed by atoms with Crippen LogP contribution in [0.15, 0.2) is 30.3 Å². The van der Waals surface area contributed by atoms with Gasteiger partial charge in [0.1, 0.15) is 12.4 Å². The van der Waals surface area contributed by atoms with Gasteiger partial charge in [0.15, 0.2) is 0 Å². The molecule has 1 aromatic carbocycles. The Balaban J connectivity index is 2.06. The maximum Gasteiger partial charge on any atom is 0.119 e. The largest absolute Gasteiger partial charge is 0.491 e. The summed E-state index contributed by atoms with van der Waals surface area (Å²) in [7, 11) is 1.70. The predicted molar refractivity (Wildman–Crippen MR) is 72.1 cm³/mol. The first-order chi connectivity index (χ1) is 8.86. The highest BCUT2D eigenvalue weighted by Crippen LogP contribution is 2.07. The fourth-order valence-corrected chi connectivity index (χ4v) is 1.62. The monoisotopic (exact) mass is 253 g/mol. The van der Waals surface area contributed by atoms with Crippen molar-refractivity contribution in [2.24, 2.45) is 0 Å². The molecular formula is C14H23NO3. The van der Waals surface area contributed by atoms with E-state index in [0.717, 1.165) is 12.3 Å². The maximum absolute atomic E-state index is 5.56. The molecule has 0 saturated carbocycles. The quantitative estimate of drug-likeness (QED) is 0.644. The summed E-state index contributed by atoms with van der Waals surface area (Å²) >= 11 is 0. The average Bonchev–Trinajstić information content (AvgIpc) is 2.40. The second kappa shape index (κ2) is 9.88. The fraction of sp³-hybridized carbons (Fsp3) is 0.571. The molecule has 1 N–H and O–H groups in total. The molecule has 0 spiro atoms. The van der Waals surface area contributed by atoms with Gasteiger partial charge in [0.25, 0.3) is 0 Å². The van der Waals surface area contributed by atoms with E-state index in [1.807, 2.05) is 30.3 Å². The third-order valence-corrected chi connectivity index (χ3v) is 2.42. The van der Waals surface area contributed by atoms with Crippen LogP contribution in [0.4, 0.5) is 0 Å². The zero-order valence-corrected chi connectivity index (χ0v) is 11.2. The molecule has 0 heterocycles. The number of likely N-dealkylation sites (N-methyl/N-ethyl adjacent to an activating group) is 1. The molecule has 4 heteroatoms. The number of hydrogen-bond donors (Lipinski definition) is 1. The molecule has 1 atom stereocenters. The molecule has 0 aliphatic heterocycles. The molecule has 0 amide bonds. The summed E-state index contributed by atoms with van der Waals surface area (Å²) in [5, 5.41) is 3.30. The van der Waals surface area contributed by atoms with E-state index >= 15 is 0 Å². The summed E-state index contributed by atoms with van der Waals surface area (Å²) in [5.74, 6) is 0.876. The highest BCUT2D eigenvalue weighted by atomic mass is 16.5. The smallest absolute Gasteiger partial charge is 0.119 e. The number of ether oxygens (including phenoxy) is 3. The van der Waals surface area contributed by atoms with Crippen LogP contribution in [0.5, 0.6) is 5.75 Å². The number of nitrogens with one attached hydrogen (secondary N) is 1. The van der Waals surface area contributed by atoms with Gasteiger partial charge in [-0.15, -0.1) is 0 Å². The minimum Gasteiger partial charge on any atom is -0.491 e. The summed E-state index contributed by atoms with van der Waals surface area (Å²) in [6.45, 7) is 5.43. The first kappa shape index (κ1) is 15.0. The summed E-state index contributed by atoms with van der Waals surface area (Å²) in [5.41, 5.74) is 0.